The van der Waals surface area contributed by atoms with Gasteiger partial charge in [-0.25, -0.2) is 13.9 Å². The Bertz CT molecular complexity index is 1460. The van der Waals surface area contributed by atoms with Crippen LogP contribution in [0.15, 0.2) is 84.5 Å². The smallest absolute Gasteiger partial charge is 0.258 e. The number of ketones is 1. The molecule has 0 radical (unpaired) electrons. The molecular weight excluding hydrogens is 427 g/mol. The number of carbonyl (C=O) groups is 2. The van der Waals surface area contributed by atoms with Gasteiger partial charge in [0.25, 0.3) is 5.91 Å². The average molecular weight is 442 g/mol. The Balaban J connectivity index is 1.49. The quantitative estimate of drug-likeness (QED) is 0.385. The standard InChI is InChI=1S/C24H15FN4O2S/c25-19-8-2-1-7-17(19)24(31)28-16-6-3-5-15(13-16)20-10-11-26-23-18(14-27-29(20)23)22(30)21-9-4-12-32-21/h1-14H,(H,28,31). The van der Waals surface area contributed by atoms with Gasteiger partial charge in [0.2, 0.25) is 5.78 Å². The average Bonchev–Trinajstić information content (AvgIpc) is 3.49. The van der Waals surface area contributed by atoms with E-state index >= 15 is 0 Å². The van der Waals surface area contributed by atoms with Crippen LogP contribution in [0.4, 0.5) is 10.1 Å². The molecule has 0 fully saturated rings. The van der Waals surface area contributed by atoms with Gasteiger partial charge in [-0.15, -0.1) is 11.3 Å². The predicted octanol–water partition coefficient (Wildman–Crippen LogP) is 5.08. The van der Waals surface area contributed by atoms with Crippen LogP contribution < -0.4 is 5.32 Å². The fourth-order valence-electron chi connectivity index (χ4n) is 3.41. The maximum absolute atomic E-state index is 13.9. The minimum atomic E-state index is -0.587. The number of nitrogens with zero attached hydrogens (tertiary/aromatic N) is 3. The van der Waals surface area contributed by atoms with E-state index in [-0.39, 0.29) is 11.3 Å². The highest BCUT2D eigenvalue weighted by atomic mass is 32.1. The van der Waals surface area contributed by atoms with Crippen molar-refractivity contribution in [2.45, 2.75) is 0 Å². The normalized spacial score (nSPS) is 10.9. The molecular formula is C24H15FN4O2S. The van der Waals surface area contributed by atoms with Crippen LogP contribution in [0.5, 0.6) is 0 Å². The van der Waals surface area contributed by atoms with Crippen molar-refractivity contribution >= 4 is 34.4 Å². The number of aromatic nitrogens is 3. The molecule has 0 saturated heterocycles. The maximum Gasteiger partial charge on any atom is 0.258 e. The van der Waals surface area contributed by atoms with Crippen LogP contribution >= 0.6 is 11.3 Å². The molecule has 5 aromatic rings. The molecule has 5 rings (SSSR count). The summed E-state index contributed by atoms with van der Waals surface area (Å²) in [5.41, 5.74) is 2.78. The zero-order valence-electron chi connectivity index (χ0n) is 16.5. The van der Waals surface area contributed by atoms with Crippen LogP contribution in [0.25, 0.3) is 16.9 Å². The van der Waals surface area contributed by atoms with Gasteiger partial charge in [-0.05, 0) is 41.8 Å². The largest absolute Gasteiger partial charge is 0.322 e. The summed E-state index contributed by atoms with van der Waals surface area (Å²) in [5.74, 6) is -1.26. The van der Waals surface area contributed by atoms with E-state index < -0.39 is 11.7 Å². The first-order chi connectivity index (χ1) is 15.6. The highest BCUT2D eigenvalue weighted by Gasteiger charge is 2.19. The van der Waals surface area contributed by atoms with Crippen molar-refractivity contribution in [2.24, 2.45) is 0 Å². The molecule has 8 heteroatoms. The summed E-state index contributed by atoms with van der Waals surface area (Å²) >= 11 is 1.36. The molecule has 3 heterocycles. The van der Waals surface area contributed by atoms with Crippen LogP contribution in [-0.4, -0.2) is 26.3 Å². The van der Waals surface area contributed by atoms with Crippen molar-refractivity contribution in [3.8, 4) is 11.3 Å². The second-order valence-corrected chi connectivity index (χ2v) is 7.89. The van der Waals surface area contributed by atoms with Crippen molar-refractivity contribution < 1.29 is 14.0 Å². The third kappa shape index (κ3) is 3.57. The summed E-state index contributed by atoms with van der Waals surface area (Å²) in [5, 5.41) is 8.95. The van der Waals surface area contributed by atoms with Crippen LogP contribution in [0.1, 0.15) is 25.6 Å². The van der Waals surface area contributed by atoms with Gasteiger partial charge >= 0.3 is 0 Å². The first-order valence-corrected chi connectivity index (χ1v) is 10.6. The SMILES string of the molecule is O=C(Nc1cccc(-c2ccnc3c(C(=O)c4cccs4)cnn23)c1)c1ccccc1F. The van der Waals surface area contributed by atoms with E-state index in [1.54, 1.807) is 47.1 Å². The molecule has 0 aliphatic carbocycles. The number of thiophene rings is 1. The lowest BCUT2D eigenvalue weighted by atomic mass is 10.1. The lowest BCUT2D eigenvalue weighted by Gasteiger charge is -2.09. The van der Waals surface area contributed by atoms with E-state index in [1.807, 2.05) is 17.5 Å². The highest BCUT2D eigenvalue weighted by Crippen LogP contribution is 2.25. The van der Waals surface area contributed by atoms with E-state index in [0.29, 0.717) is 27.5 Å². The Morgan fingerprint density at radius 3 is 2.66 bits per heavy atom. The van der Waals surface area contributed by atoms with Crippen molar-refractivity contribution in [1.29, 1.82) is 0 Å². The number of fused-ring (bicyclic) bond motifs is 1. The third-order valence-electron chi connectivity index (χ3n) is 4.93. The second kappa shape index (κ2) is 8.16. The maximum atomic E-state index is 13.9. The van der Waals surface area contributed by atoms with Gasteiger partial charge < -0.3 is 5.32 Å². The van der Waals surface area contributed by atoms with Gasteiger partial charge in [0.1, 0.15) is 5.82 Å². The molecule has 156 valence electrons. The van der Waals surface area contributed by atoms with Crippen LogP contribution in [-0.2, 0) is 0 Å². The number of rotatable bonds is 5. The zero-order valence-corrected chi connectivity index (χ0v) is 17.3. The Hall–Kier alpha value is -4.17. The molecule has 0 aliphatic heterocycles. The molecule has 0 unspecified atom stereocenters. The molecule has 0 atom stereocenters. The number of benzene rings is 2. The Morgan fingerprint density at radius 2 is 1.84 bits per heavy atom. The lowest BCUT2D eigenvalue weighted by molar-refractivity contribution is 0.102. The van der Waals surface area contributed by atoms with E-state index in [2.05, 4.69) is 15.4 Å². The minimum absolute atomic E-state index is 0.0342. The Morgan fingerprint density at radius 1 is 0.969 bits per heavy atom. The van der Waals surface area contributed by atoms with Gasteiger partial charge in [0.15, 0.2) is 5.65 Å². The van der Waals surface area contributed by atoms with Gasteiger partial charge in [0, 0.05) is 17.4 Å². The van der Waals surface area contributed by atoms with Crippen LogP contribution in [0.2, 0.25) is 0 Å². The number of carbonyl (C=O) groups excluding carboxylic acids is 2. The minimum Gasteiger partial charge on any atom is -0.322 e. The second-order valence-electron chi connectivity index (χ2n) is 6.94. The van der Waals surface area contributed by atoms with E-state index in [4.69, 9.17) is 0 Å². The van der Waals surface area contributed by atoms with E-state index in [9.17, 15) is 14.0 Å². The van der Waals surface area contributed by atoms with Gasteiger partial charge in [-0.3, -0.25) is 9.59 Å². The number of hydrogen-bond donors (Lipinski definition) is 1. The molecule has 0 spiro atoms. The molecule has 0 saturated carbocycles. The summed E-state index contributed by atoms with van der Waals surface area (Å²) in [6.07, 6.45) is 3.12. The summed E-state index contributed by atoms with van der Waals surface area (Å²) in [4.78, 5) is 30.2. The molecule has 0 aliphatic rings. The monoisotopic (exact) mass is 442 g/mol. The molecule has 1 amide bonds. The van der Waals surface area contributed by atoms with Crippen LogP contribution in [0.3, 0.4) is 0 Å². The summed E-state index contributed by atoms with van der Waals surface area (Å²) in [7, 11) is 0. The number of halogens is 1. The first-order valence-electron chi connectivity index (χ1n) is 9.69. The van der Waals surface area contributed by atoms with Gasteiger partial charge in [0.05, 0.1) is 27.9 Å². The lowest BCUT2D eigenvalue weighted by Crippen LogP contribution is -2.13. The summed E-state index contributed by atoms with van der Waals surface area (Å²) < 4.78 is 15.5. The van der Waals surface area contributed by atoms with E-state index in [0.717, 1.165) is 5.56 Å². The van der Waals surface area contributed by atoms with Crippen molar-refractivity contribution in [3.63, 3.8) is 0 Å². The van der Waals surface area contributed by atoms with Gasteiger partial charge in [-0.1, -0.05) is 30.3 Å². The Kier molecular flexibility index (Phi) is 5.04. The topological polar surface area (TPSA) is 76.4 Å². The number of amides is 1. The zero-order chi connectivity index (χ0) is 22.1. The number of hydrogen-bond acceptors (Lipinski definition) is 5. The predicted molar refractivity (Wildman–Crippen MR) is 121 cm³/mol. The van der Waals surface area contributed by atoms with E-state index in [1.165, 1.54) is 35.7 Å². The number of nitrogens with one attached hydrogen (secondary N) is 1. The molecule has 1 N–H and O–H groups in total. The van der Waals surface area contributed by atoms with Crippen molar-refractivity contribution in [1.82, 2.24) is 14.6 Å². The Labute approximate surface area is 186 Å². The highest BCUT2D eigenvalue weighted by molar-refractivity contribution is 7.12. The first kappa shape index (κ1) is 19.8. The molecule has 32 heavy (non-hydrogen) atoms. The number of anilines is 1. The molecule has 3 aromatic heterocycles. The van der Waals surface area contributed by atoms with Crippen molar-refractivity contribution in [3.05, 3.63) is 106 Å². The fraction of sp³-hybridized carbons (Fsp3) is 0. The van der Waals surface area contributed by atoms with Crippen LogP contribution in [0, 0.1) is 5.82 Å². The van der Waals surface area contributed by atoms with Crippen molar-refractivity contribution in [2.75, 3.05) is 5.32 Å². The summed E-state index contributed by atoms with van der Waals surface area (Å²) in [6, 6.07) is 18.3. The molecule has 0 bridgehead atoms. The molecule has 6 nitrogen and oxygen atoms in total. The fourth-order valence-corrected chi connectivity index (χ4v) is 4.09. The summed E-state index contributed by atoms with van der Waals surface area (Å²) in [6.45, 7) is 0. The van der Waals surface area contributed by atoms with Gasteiger partial charge in [-0.2, -0.15) is 5.10 Å². The third-order valence-corrected chi connectivity index (χ3v) is 5.79. The molecule has 2 aromatic carbocycles.